The topological polar surface area (TPSA) is 98.8 Å². The fourth-order valence-corrected chi connectivity index (χ4v) is 7.02. The lowest BCUT2D eigenvalue weighted by atomic mass is 10.2. The molecule has 0 aliphatic carbocycles. The van der Waals surface area contributed by atoms with E-state index in [2.05, 4.69) is 10.6 Å². The van der Waals surface area contributed by atoms with Crippen molar-refractivity contribution in [3.05, 3.63) is 69.5 Å². The van der Waals surface area contributed by atoms with Gasteiger partial charge in [-0.3, -0.25) is 29.0 Å². The average molecular weight is 721 g/mol. The Bertz CT molecular complexity index is 1510. The molecule has 0 radical (unpaired) electrons. The molecular weight excluding hydrogens is 699 g/mol. The predicted molar refractivity (Wildman–Crippen MR) is 169 cm³/mol. The van der Waals surface area contributed by atoms with E-state index in [9.17, 15) is 45.5 Å². The minimum Gasteiger partial charge on any atom is -0.326 e. The molecule has 0 spiro atoms. The monoisotopic (exact) mass is 720 g/mol. The van der Waals surface area contributed by atoms with Crippen molar-refractivity contribution in [2.24, 2.45) is 0 Å². The van der Waals surface area contributed by atoms with E-state index in [-0.39, 0.29) is 68.6 Å². The number of benzene rings is 2. The maximum Gasteiger partial charge on any atom is 0.416 e. The Morgan fingerprint density at radius 2 is 1.04 bits per heavy atom. The number of alkyl halides is 6. The lowest BCUT2D eigenvalue weighted by Crippen LogP contribution is -2.31. The van der Waals surface area contributed by atoms with Crippen LogP contribution in [0, 0.1) is 0 Å². The summed E-state index contributed by atoms with van der Waals surface area (Å²) < 4.78 is 77.8. The lowest BCUT2D eigenvalue weighted by molar-refractivity contribution is -0.138. The van der Waals surface area contributed by atoms with E-state index in [4.69, 9.17) is 24.4 Å². The van der Waals surface area contributed by atoms with Crippen LogP contribution < -0.4 is 10.6 Å². The number of halogens is 6. The van der Waals surface area contributed by atoms with Crippen molar-refractivity contribution in [2.45, 2.75) is 38.0 Å². The minimum absolute atomic E-state index is 0.0193. The van der Waals surface area contributed by atoms with Crippen LogP contribution in [0.3, 0.4) is 0 Å². The SMILES string of the molecule is O=C(CCCN1C(=O)C(=C2SC(=S)N(CCCC(=O)Nc3cccc(C(F)(F)F)c3)C2=O)SC1=S)Nc1cccc(C(F)(F)F)c1. The smallest absolute Gasteiger partial charge is 0.326 e. The second kappa shape index (κ2) is 14.5. The zero-order valence-corrected chi connectivity index (χ0v) is 26.6. The number of rotatable bonds is 10. The van der Waals surface area contributed by atoms with Gasteiger partial charge in [0.25, 0.3) is 11.8 Å². The molecule has 2 heterocycles. The highest BCUT2D eigenvalue weighted by Crippen LogP contribution is 2.42. The summed E-state index contributed by atoms with van der Waals surface area (Å²) in [6, 6.07) is 8.36. The van der Waals surface area contributed by atoms with E-state index >= 15 is 0 Å². The molecule has 4 rings (SSSR count). The third-order valence-electron chi connectivity index (χ3n) is 6.42. The molecule has 2 aromatic rings. The van der Waals surface area contributed by atoms with E-state index in [1.54, 1.807) is 0 Å². The molecule has 46 heavy (non-hydrogen) atoms. The van der Waals surface area contributed by atoms with Crippen molar-refractivity contribution >= 4 is 91.6 Å². The van der Waals surface area contributed by atoms with Gasteiger partial charge in [-0.25, -0.2) is 0 Å². The highest BCUT2D eigenvalue weighted by Gasteiger charge is 2.42. The van der Waals surface area contributed by atoms with Crippen molar-refractivity contribution in [3.63, 3.8) is 0 Å². The summed E-state index contributed by atoms with van der Waals surface area (Å²) in [5, 5.41) is 4.78. The fourth-order valence-electron chi connectivity index (χ4n) is 4.24. The molecule has 4 amide bonds. The molecular formula is C28H22F6N4O4S4. The zero-order valence-electron chi connectivity index (χ0n) is 23.3. The summed E-state index contributed by atoms with van der Waals surface area (Å²) >= 11 is 12.4. The van der Waals surface area contributed by atoms with Gasteiger partial charge >= 0.3 is 12.4 Å². The second-order valence-electron chi connectivity index (χ2n) is 9.77. The van der Waals surface area contributed by atoms with E-state index in [0.29, 0.717) is 0 Å². The van der Waals surface area contributed by atoms with E-state index < -0.39 is 47.1 Å². The highest BCUT2D eigenvalue weighted by atomic mass is 32.2. The van der Waals surface area contributed by atoms with Gasteiger partial charge in [-0.2, -0.15) is 26.3 Å². The Hall–Kier alpha value is -3.48. The lowest BCUT2D eigenvalue weighted by Gasteiger charge is -2.15. The molecule has 0 saturated carbocycles. The van der Waals surface area contributed by atoms with Crippen LogP contribution in [-0.4, -0.2) is 55.2 Å². The molecule has 244 valence electrons. The molecule has 2 aromatic carbocycles. The largest absolute Gasteiger partial charge is 0.416 e. The summed E-state index contributed by atoms with van der Waals surface area (Å²) in [6.45, 7) is 0.0386. The molecule has 2 aliphatic rings. The first-order valence-electron chi connectivity index (χ1n) is 13.3. The van der Waals surface area contributed by atoms with Gasteiger partial charge in [0, 0.05) is 37.3 Å². The normalized spacial score (nSPS) is 17.3. The average Bonchev–Trinajstić information content (AvgIpc) is 3.41. The first-order valence-corrected chi connectivity index (χ1v) is 15.8. The van der Waals surface area contributed by atoms with Crippen molar-refractivity contribution < 1.29 is 45.5 Å². The first-order chi connectivity index (χ1) is 21.5. The maximum absolute atomic E-state index is 13.1. The number of anilines is 2. The Balaban J connectivity index is 1.27. The summed E-state index contributed by atoms with van der Waals surface area (Å²) in [7, 11) is 0. The summed E-state index contributed by atoms with van der Waals surface area (Å²) in [4.78, 5) is 53.4. The van der Waals surface area contributed by atoms with Crippen LogP contribution in [0.2, 0.25) is 0 Å². The van der Waals surface area contributed by atoms with Crippen LogP contribution in [0.25, 0.3) is 0 Å². The summed E-state index contributed by atoms with van der Waals surface area (Å²) in [5.41, 5.74) is -1.87. The molecule has 0 bridgehead atoms. The van der Waals surface area contributed by atoms with Gasteiger partial charge < -0.3 is 10.6 Å². The number of carbonyl (C=O) groups excluding carboxylic acids is 4. The van der Waals surface area contributed by atoms with Crippen LogP contribution in [-0.2, 0) is 31.5 Å². The van der Waals surface area contributed by atoms with E-state index in [1.165, 1.54) is 34.1 Å². The van der Waals surface area contributed by atoms with Crippen LogP contribution in [0.1, 0.15) is 36.8 Å². The maximum atomic E-state index is 13.1. The van der Waals surface area contributed by atoms with Crippen molar-refractivity contribution in [2.75, 3.05) is 23.7 Å². The number of carbonyl (C=O) groups is 4. The van der Waals surface area contributed by atoms with E-state index in [1.807, 2.05) is 0 Å². The molecule has 18 heteroatoms. The van der Waals surface area contributed by atoms with Gasteiger partial charge in [0.15, 0.2) is 0 Å². The molecule has 0 unspecified atom stereocenters. The third kappa shape index (κ3) is 8.86. The number of thiocarbonyl (C=S) groups is 2. The van der Waals surface area contributed by atoms with Crippen LogP contribution in [0.15, 0.2) is 58.3 Å². The van der Waals surface area contributed by atoms with Crippen molar-refractivity contribution in [1.82, 2.24) is 9.80 Å². The second-order valence-corrected chi connectivity index (χ2v) is 13.1. The van der Waals surface area contributed by atoms with Gasteiger partial charge in [-0.15, -0.1) is 0 Å². The first kappa shape index (κ1) is 35.4. The number of nitrogens with zero attached hydrogens (tertiary/aromatic N) is 2. The quantitative estimate of drug-likeness (QED) is 0.157. The van der Waals surface area contributed by atoms with E-state index in [0.717, 1.165) is 47.8 Å². The zero-order chi connectivity index (χ0) is 33.8. The molecule has 2 saturated heterocycles. The highest BCUT2D eigenvalue weighted by molar-refractivity contribution is 8.29. The van der Waals surface area contributed by atoms with Gasteiger partial charge in [0.2, 0.25) is 11.8 Å². The van der Waals surface area contributed by atoms with Crippen LogP contribution >= 0.6 is 48.0 Å². The fraction of sp³-hybridized carbons (Fsp3) is 0.286. The van der Waals surface area contributed by atoms with Crippen LogP contribution in [0.4, 0.5) is 37.7 Å². The van der Waals surface area contributed by atoms with Gasteiger partial charge in [0.1, 0.15) is 8.64 Å². The number of thioether (sulfide) groups is 2. The Labute approximate surface area is 277 Å². The van der Waals surface area contributed by atoms with Crippen molar-refractivity contribution in [1.29, 1.82) is 0 Å². The molecule has 2 N–H and O–H groups in total. The Morgan fingerprint density at radius 3 is 1.39 bits per heavy atom. The predicted octanol–water partition coefficient (Wildman–Crippen LogP) is 6.79. The minimum atomic E-state index is -4.56. The number of hydrogen-bond donors (Lipinski definition) is 2. The molecule has 2 aliphatic heterocycles. The molecule has 2 fully saturated rings. The van der Waals surface area contributed by atoms with Gasteiger partial charge in [-0.05, 0) is 49.2 Å². The summed E-state index contributed by atoms with van der Waals surface area (Å²) in [5.74, 6) is -2.24. The van der Waals surface area contributed by atoms with Gasteiger partial charge in [-0.1, -0.05) is 60.1 Å². The standard InChI is InChI=1S/C28H22F6N4O4S4/c29-27(30,31)15-5-1-7-17(13-15)35-19(39)9-3-11-37-23(41)21(45-25(37)43)22-24(42)38(26(44)46-22)12-4-10-20(40)36-18-8-2-6-16(14-18)28(32,33)34/h1-2,5-8,13-14H,3-4,9-12H2,(H,35,39)(H,36,40). The number of hydrogen-bond acceptors (Lipinski definition) is 8. The molecule has 0 aromatic heterocycles. The molecule has 0 atom stereocenters. The van der Waals surface area contributed by atoms with Gasteiger partial charge in [0.05, 0.1) is 20.9 Å². The summed E-state index contributed by atoms with van der Waals surface area (Å²) in [6.07, 6.45) is -9.10. The number of nitrogens with one attached hydrogen (secondary N) is 2. The Morgan fingerprint density at radius 1 is 0.674 bits per heavy atom. The number of amides is 4. The molecule has 8 nitrogen and oxygen atoms in total. The van der Waals surface area contributed by atoms with Crippen molar-refractivity contribution in [3.8, 4) is 0 Å². The third-order valence-corrected chi connectivity index (χ3v) is 9.45. The Kier molecular flexibility index (Phi) is 11.2. The van der Waals surface area contributed by atoms with Crippen LogP contribution in [0.5, 0.6) is 0 Å².